The molecule has 0 aliphatic rings. The van der Waals surface area contributed by atoms with Crippen LogP contribution in [-0.2, 0) is 11.2 Å². The molecular weight excluding hydrogens is 422 g/mol. The lowest BCUT2D eigenvalue weighted by Gasteiger charge is -2.06. The predicted molar refractivity (Wildman–Crippen MR) is 125 cm³/mol. The van der Waals surface area contributed by atoms with Gasteiger partial charge in [-0.05, 0) is 23.8 Å². The Morgan fingerprint density at radius 2 is 1.69 bits per heavy atom. The van der Waals surface area contributed by atoms with Crippen LogP contribution in [0.4, 0.5) is 0 Å². The predicted octanol–water partition coefficient (Wildman–Crippen LogP) is 5.73. The molecule has 0 atom stereocenters. The lowest BCUT2D eigenvalue weighted by atomic mass is 10.1. The molecule has 0 N–H and O–H groups in total. The molecule has 3 aromatic carbocycles. The molecule has 0 aliphatic carbocycles. The molecule has 0 amide bonds. The van der Waals surface area contributed by atoms with E-state index in [-0.39, 0.29) is 12.4 Å². The van der Waals surface area contributed by atoms with Gasteiger partial charge in [0.2, 0.25) is 0 Å². The van der Waals surface area contributed by atoms with Crippen LogP contribution in [0.1, 0.15) is 5.56 Å². The first kappa shape index (κ1) is 19.9. The smallest absolute Gasteiger partial charge is 0.346 e. The molecule has 0 spiro atoms. The van der Waals surface area contributed by atoms with E-state index in [1.807, 2.05) is 66.0 Å². The number of thiazole rings is 1. The lowest BCUT2D eigenvalue weighted by Crippen LogP contribution is -2.11. The lowest BCUT2D eigenvalue weighted by molar-refractivity contribution is -0.133. The molecule has 0 unspecified atom stereocenters. The normalized spacial score (nSPS) is 10.9. The molecule has 5 nitrogen and oxygen atoms in total. The highest BCUT2D eigenvalue weighted by Crippen LogP contribution is 2.29. The summed E-state index contributed by atoms with van der Waals surface area (Å²) >= 11 is 1.39. The number of carbonyl (C=O) groups is 1. The van der Waals surface area contributed by atoms with Gasteiger partial charge >= 0.3 is 11.6 Å². The van der Waals surface area contributed by atoms with Crippen molar-refractivity contribution < 1.29 is 13.9 Å². The summed E-state index contributed by atoms with van der Waals surface area (Å²) in [6, 6.07) is 25.9. The fourth-order valence-electron chi connectivity index (χ4n) is 3.37. The first-order chi connectivity index (χ1) is 15.7. The molecule has 5 rings (SSSR count). The molecule has 2 heterocycles. The largest absolute Gasteiger partial charge is 0.426 e. The van der Waals surface area contributed by atoms with Crippen molar-refractivity contribution >= 4 is 28.3 Å². The van der Waals surface area contributed by atoms with Crippen molar-refractivity contribution in [3.05, 3.63) is 106 Å². The fourth-order valence-corrected chi connectivity index (χ4v) is 4.21. The molecule has 2 aromatic heterocycles. The van der Waals surface area contributed by atoms with E-state index in [9.17, 15) is 9.59 Å². The Hall–Kier alpha value is -4.03. The Morgan fingerprint density at radius 3 is 2.47 bits per heavy atom. The van der Waals surface area contributed by atoms with Gasteiger partial charge in [0, 0.05) is 22.4 Å². The van der Waals surface area contributed by atoms with Gasteiger partial charge in [0.15, 0.2) is 0 Å². The van der Waals surface area contributed by atoms with Crippen LogP contribution in [0, 0.1) is 0 Å². The number of ether oxygens (including phenoxy) is 1. The molecular formula is C26H17NO4S. The summed E-state index contributed by atoms with van der Waals surface area (Å²) in [5.74, 6) is -0.0549. The first-order valence-corrected chi connectivity index (χ1v) is 10.9. The Bertz CT molecular complexity index is 1460. The molecule has 0 saturated heterocycles. The Morgan fingerprint density at radius 1 is 0.938 bits per heavy atom. The fraction of sp³-hybridized carbons (Fsp3) is 0.0385. The van der Waals surface area contributed by atoms with E-state index < -0.39 is 5.63 Å². The minimum absolute atomic E-state index is 0.162. The van der Waals surface area contributed by atoms with E-state index in [1.54, 1.807) is 24.3 Å². The van der Waals surface area contributed by atoms with Crippen molar-refractivity contribution in [2.24, 2.45) is 0 Å². The zero-order valence-corrected chi connectivity index (χ0v) is 17.7. The summed E-state index contributed by atoms with van der Waals surface area (Å²) in [4.78, 5) is 29.5. The molecule has 156 valence electrons. The number of benzene rings is 3. The van der Waals surface area contributed by atoms with Crippen LogP contribution >= 0.6 is 11.3 Å². The summed E-state index contributed by atoms with van der Waals surface area (Å²) in [6.07, 6.45) is 0.162. The maximum absolute atomic E-state index is 12.6. The number of carbonyl (C=O) groups excluding carboxylic acids is 1. The maximum atomic E-state index is 12.6. The van der Waals surface area contributed by atoms with Gasteiger partial charge in [-0.1, -0.05) is 60.7 Å². The molecule has 0 bridgehead atoms. The Balaban J connectivity index is 1.39. The third-order valence-corrected chi connectivity index (χ3v) is 5.81. The number of fused-ring (bicyclic) bond motifs is 1. The Labute approximate surface area is 187 Å². The second-order valence-electron chi connectivity index (χ2n) is 7.19. The number of aromatic nitrogens is 1. The number of hydrogen-bond acceptors (Lipinski definition) is 6. The van der Waals surface area contributed by atoms with Crippen molar-refractivity contribution in [1.29, 1.82) is 0 Å². The average molecular weight is 439 g/mol. The van der Waals surface area contributed by atoms with E-state index in [0.717, 1.165) is 22.2 Å². The third-order valence-electron chi connectivity index (χ3n) is 4.93. The SMILES string of the molecule is O=C(Cc1ccccc1)Oc1ccc2cc(-c3nc(-c4ccccc4)cs3)c(=O)oc2c1. The highest BCUT2D eigenvalue weighted by atomic mass is 32.1. The summed E-state index contributed by atoms with van der Waals surface area (Å²) in [5, 5.41) is 3.24. The van der Waals surface area contributed by atoms with Crippen LogP contribution in [0.5, 0.6) is 5.75 Å². The molecule has 0 aliphatic heterocycles. The molecule has 0 fully saturated rings. The second kappa shape index (κ2) is 8.61. The van der Waals surface area contributed by atoms with Gasteiger partial charge in [-0.3, -0.25) is 4.79 Å². The van der Waals surface area contributed by atoms with Crippen molar-refractivity contribution in [3.8, 4) is 27.6 Å². The summed E-state index contributed by atoms with van der Waals surface area (Å²) in [5.41, 5.74) is 2.93. The highest BCUT2D eigenvalue weighted by Gasteiger charge is 2.14. The van der Waals surface area contributed by atoms with E-state index >= 15 is 0 Å². The van der Waals surface area contributed by atoms with E-state index in [4.69, 9.17) is 9.15 Å². The van der Waals surface area contributed by atoms with Gasteiger partial charge < -0.3 is 9.15 Å². The van der Waals surface area contributed by atoms with E-state index in [0.29, 0.717) is 21.9 Å². The maximum Gasteiger partial charge on any atom is 0.346 e. The average Bonchev–Trinajstić information content (AvgIpc) is 3.30. The quantitative estimate of drug-likeness (QED) is 0.199. The molecule has 6 heteroatoms. The van der Waals surface area contributed by atoms with Gasteiger partial charge in [-0.15, -0.1) is 11.3 Å². The highest BCUT2D eigenvalue weighted by molar-refractivity contribution is 7.13. The molecule has 0 radical (unpaired) electrons. The standard InChI is InChI=1S/C26H17NO4S/c28-24(13-17-7-3-1-4-8-17)30-20-12-11-19-14-21(26(29)31-23(19)15-20)25-27-22(16-32-25)18-9-5-2-6-10-18/h1-12,14-16H,13H2. The van der Waals surface area contributed by atoms with E-state index in [1.165, 1.54) is 11.3 Å². The van der Waals surface area contributed by atoms with Gasteiger partial charge in [0.05, 0.1) is 17.7 Å². The van der Waals surface area contributed by atoms with Crippen molar-refractivity contribution in [2.75, 3.05) is 0 Å². The zero-order chi connectivity index (χ0) is 21.9. The second-order valence-corrected chi connectivity index (χ2v) is 8.05. The van der Waals surface area contributed by atoms with Crippen LogP contribution in [0.3, 0.4) is 0 Å². The number of rotatable bonds is 5. The van der Waals surface area contributed by atoms with Crippen LogP contribution in [-0.4, -0.2) is 11.0 Å². The van der Waals surface area contributed by atoms with Crippen molar-refractivity contribution in [3.63, 3.8) is 0 Å². The minimum Gasteiger partial charge on any atom is -0.426 e. The van der Waals surface area contributed by atoms with E-state index in [2.05, 4.69) is 4.98 Å². The summed E-state index contributed by atoms with van der Waals surface area (Å²) in [6.45, 7) is 0. The topological polar surface area (TPSA) is 69.4 Å². The molecule has 0 saturated carbocycles. The van der Waals surface area contributed by atoms with Crippen molar-refractivity contribution in [2.45, 2.75) is 6.42 Å². The van der Waals surface area contributed by atoms with Crippen LogP contribution in [0.15, 0.2) is 99.5 Å². The number of esters is 1. The van der Waals surface area contributed by atoms with Gasteiger partial charge in [-0.25, -0.2) is 9.78 Å². The van der Waals surface area contributed by atoms with Crippen LogP contribution in [0.25, 0.3) is 32.8 Å². The van der Waals surface area contributed by atoms with Crippen molar-refractivity contribution in [1.82, 2.24) is 4.98 Å². The first-order valence-electron chi connectivity index (χ1n) is 9.99. The van der Waals surface area contributed by atoms with Crippen LogP contribution < -0.4 is 10.4 Å². The van der Waals surface area contributed by atoms with Gasteiger partial charge in [-0.2, -0.15) is 0 Å². The number of hydrogen-bond donors (Lipinski definition) is 0. The Kier molecular flexibility index (Phi) is 5.35. The van der Waals surface area contributed by atoms with Gasteiger partial charge in [0.25, 0.3) is 0 Å². The summed E-state index contributed by atoms with van der Waals surface area (Å²) in [7, 11) is 0. The third kappa shape index (κ3) is 4.22. The zero-order valence-electron chi connectivity index (χ0n) is 16.9. The molecule has 32 heavy (non-hydrogen) atoms. The van der Waals surface area contributed by atoms with Crippen LogP contribution in [0.2, 0.25) is 0 Å². The minimum atomic E-state index is -0.487. The van der Waals surface area contributed by atoms with Gasteiger partial charge in [0.1, 0.15) is 16.3 Å². The molecule has 5 aromatic rings. The monoisotopic (exact) mass is 439 g/mol. The summed E-state index contributed by atoms with van der Waals surface area (Å²) < 4.78 is 10.9. The number of nitrogens with zero attached hydrogens (tertiary/aromatic N) is 1.